The van der Waals surface area contributed by atoms with E-state index < -0.39 is 0 Å². The van der Waals surface area contributed by atoms with Crippen LogP contribution in [-0.2, 0) is 6.54 Å². The molecule has 0 saturated heterocycles. The molecule has 3 rings (SSSR count). The third-order valence-corrected chi connectivity index (χ3v) is 3.64. The number of halogens is 1. The van der Waals surface area contributed by atoms with Crippen LogP contribution in [0.15, 0.2) is 97.3 Å². The summed E-state index contributed by atoms with van der Waals surface area (Å²) in [5.41, 5.74) is 2.77. The zero-order valence-corrected chi connectivity index (χ0v) is 14.8. The first-order valence-corrected chi connectivity index (χ1v) is 7.62. The van der Waals surface area contributed by atoms with Gasteiger partial charge in [-0.15, -0.1) is 0 Å². The number of aromatic nitrogens is 1. The summed E-state index contributed by atoms with van der Waals surface area (Å²) < 4.78 is 2.07. The van der Waals surface area contributed by atoms with E-state index in [4.69, 9.17) is 0 Å². The van der Waals surface area contributed by atoms with Crippen LogP contribution in [-0.4, -0.2) is 5.78 Å². The molecule has 0 aliphatic heterocycles. The highest BCUT2D eigenvalue weighted by Gasteiger charge is 2.11. The number of allylic oxidation sites excluding steroid dienone is 2. The molecule has 0 N–H and O–H groups in total. The van der Waals surface area contributed by atoms with Crippen molar-refractivity contribution in [1.29, 1.82) is 0 Å². The highest BCUT2D eigenvalue weighted by molar-refractivity contribution is 6.08. The Morgan fingerprint density at radius 1 is 0.750 bits per heavy atom. The lowest BCUT2D eigenvalue weighted by molar-refractivity contribution is -0.684. The van der Waals surface area contributed by atoms with Gasteiger partial charge in [-0.05, 0) is 11.6 Å². The van der Waals surface area contributed by atoms with Gasteiger partial charge < -0.3 is 17.0 Å². The molecule has 120 valence electrons. The van der Waals surface area contributed by atoms with Crippen molar-refractivity contribution in [3.8, 4) is 0 Å². The highest BCUT2D eigenvalue weighted by Crippen LogP contribution is 2.16. The summed E-state index contributed by atoms with van der Waals surface area (Å²) in [6.07, 6.45) is 5.75. The fourth-order valence-corrected chi connectivity index (χ4v) is 2.45. The Labute approximate surface area is 152 Å². The lowest BCUT2D eigenvalue weighted by atomic mass is 10.0. The summed E-state index contributed by atoms with van der Waals surface area (Å²) in [5, 5.41) is 0. The number of benzene rings is 2. The Bertz CT molecular complexity index is 799. The lowest BCUT2D eigenvalue weighted by Crippen LogP contribution is -3.00. The van der Waals surface area contributed by atoms with E-state index in [2.05, 4.69) is 4.57 Å². The molecule has 0 fully saturated rings. The van der Waals surface area contributed by atoms with Gasteiger partial charge >= 0.3 is 0 Å². The average Bonchev–Trinajstić information content (AvgIpc) is 2.63. The Kier molecular flexibility index (Phi) is 6.64. The minimum absolute atomic E-state index is 0. The predicted molar refractivity (Wildman–Crippen MR) is 91.8 cm³/mol. The number of hydrogen-bond acceptors (Lipinski definition) is 1. The van der Waals surface area contributed by atoms with Crippen LogP contribution in [0.4, 0.5) is 0 Å². The van der Waals surface area contributed by atoms with Crippen molar-refractivity contribution in [3.63, 3.8) is 0 Å². The van der Waals surface area contributed by atoms with E-state index >= 15 is 0 Å². The van der Waals surface area contributed by atoms with Crippen LogP contribution >= 0.6 is 0 Å². The maximum Gasteiger partial charge on any atom is 0.186 e. The van der Waals surface area contributed by atoms with Crippen LogP contribution in [0, 0.1) is 0 Å². The average molecular weight is 380 g/mol. The molecule has 0 saturated carbocycles. The molecule has 2 nitrogen and oxygen atoms in total. The summed E-state index contributed by atoms with van der Waals surface area (Å²) in [6, 6.07) is 25.4. The molecular formula is C21H18BrNO. The third kappa shape index (κ3) is 4.74. The van der Waals surface area contributed by atoms with Crippen LogP contribution in [0.25, 0.3) is 5.57 Å². The summed E-state index contributed by atoms with van der Waals surface area (Å²) >= 11 is 0. The summed E-state index contributed by atoms with van der Waals surface area (Å²) in [5.74, 6) is 0.0287. The normalized spacial score (nSPS) is 10.8. The topological polar surface area (TPSA) is 20.9 Å². The van der Waals surface area contributed by atoms with Gasteiger partial charge in [0.15, 0.2) is 24.7 Å². The van der Waals surface area contributed by atoms with Gasteiger partial charge in [0.05, 0.1) is 0 Å². The van der Waals surface area contributed by atoms with Crippen molar-refractivity contribution in [2.75, 3.05) is 0 Å². The van der Waals surface area contributed by atoms with Crippen molar-refractivity contribution < 1.29 is 26.3 Å². The van der Waals surface area contributed by atoms with Gasteiger partial charge in [-0.1, -0.05) is 66.7 Å². The summed E-state index contributed by atoms with van der Waals surface area (Å²) in [4.78, 5) is 12.5. The number of pyridine rings is 1. The molecule has 0 atom stereocenters. The smallest absolute Gasteiger partial charge is 0.186 e. The molecular weight excluding hydrogens is 362 g/mol. The first-order chi connectivity index (χ1) is 11.3. The number of carbonyl (C=O) groups excluding carboxylic acids is 1. The number of carbonyl (C=O) groups is 1. The van der Waals surface area contributed by atoms with E-state index in [1.807, 2.05) is 91.3 Å². The standard InChI is InChI=1S/C21H18NO.BrH/c23-21(19-12-6-2-7-13-19)16-20(18-10-4-1-5-11-18)17-22-14-8-3-9-15-22;/h1-16H,17H2;1H/q+1;/p-1/b20-16-;. The van der Waals surface area contributed by atoms with E-state index in [-0.39, 0.29) is 22.8 Å². The van der Waals surface area contributed by atoms with Crippen LogP contribution in [0.1, 0.15) is 15.9 Å². The van der Waals surface area contributed by atoms with E-state index in [1.165, 1.54) is 0 Å². The van der Waals surface area contributed by atoms with Crippen LogP contribution in [0.5, 0.6) is 0 Å². The summed E-state index contributed by atoms with van der Waals surface area (Å²) in [6.45, 7) is 0.656. The number of hydrogen-bond donors (Lipinski definition) is 0. The maximum absolute atomic E-state index is 12.5. The fraction of sp³-hybridized carbons (Fsp3) is 0.0476. The predicted octanol–water partition coefficient (Wildman–Crippen LogP) is 0.945. The number of rotatable bonds is 5. The zero-order valence-electron chi connectivity index (χ0n) is 13.2. The van der Waals surface area contributed by atoms with Gasteiger partial charge in [0.2, 0.25) is 0 Å². The molecule has 0 spiro atoms. The molecule has 0 radical (unpaired) electrons. The second-order valence-corrected chi connectivity index (χ2v) is 5.31. The Morgan fingerprint density at radius 3 is 1.83 bits per heavy atom. The molecule has 0 aliphatic carbocycles. The van der Waals surface area contributed by atoms with E-state index in [9.17, 15) is 4.79 Å². The Hall–Kier alpha value is -2.52. The van der Waals surface area contributed by atoms with Crippen molar-refractivity contribution >= 4 is 11.4 Å². The van der Waals surface area contributed by atoms with Crippen molar-refractivity contribution in [1.82, 2.24) is 0 Å². The Balaban J connectivity index is 0.00000208. The van der Waals surface area contributed by atoms with Gasteiger partial charge in [0, 0.05) is 23.3 Å². The zero-order chi connectivity index (χ0) is 15.9. The molecule has 1 aromatic heterocycles. The molecule has 0 aliphatic rings. The van der Waals surface area contributed by atoms with Gasteiger partial charge in [0.1, 0.15) is 0 Å². The molecule has 0 unspecified atom stereocenters. The van der Waals surface area contributed by atoms with Crippen LogP contribution < -0.4 is 21.5 Å². The minimum atomic E-state index is 0. The molecule has 0 amide bonds. The fourth-order valence-electron chi connectivity index (χ4n) is 2.45. The van der Waals surface area contributed by atoms with E-state index in [0.29, 0.717) is 12.1 Å². The van der Waals surface area contributed by atoms with Crippen molar-refractivity contribution in [3.05, 3.63) is 108 Å². The molecule has 0 bridgehead atoms. The monoisotopic (exact) mass is 379 g/mol. The summed E-state index contributed by atoms with van der Waals surface area (Å²) in [7, 11) is 0. The first kappa shape index (κ1) is 17.8. The lowest BCUT2D eigenvalue weighted by Gasteiger charge is -2.05. The molecule has 24 heavy (non-hydrogen) atoms. The first-order valence-electron chi connectivity index (χ1n) is 7.62. The van der Waals surface area contributed by atoms with Crippen molar-refractivity contribution in [2.24, 2.45) is 0 Å². The number of ketones is 1. The largest absolute Gasteiger partial charge is 1.00 e. The molecule has 3 aromatic rings. The van der Waals surface area contributed by atoms with Gasteiger partial charge in [-0.2, -0.15) is 0 Å². The van der Waals surface area contributed by atoms with Gasteiger partial charge in [-0.25, -0.2) is 4.57 Å². The molecule has 1 heterocycles. The second-order valence-electron chi connectivity index (χ2n) is 5.31. The third-order valence-electron chi connectivity index (χ3n) is 3.64. The van der Waals surface area contributed by atoms with Crippen molar-refractivity contribution in [2.45, 2.75) is 6.54 Å². The van der Waals surface area contributed by atoms with Gasteiger partial charge in [0.25, 0.3) is 0 Å². The maximum atomic E-state index is 12.5. The highest BCUT2D eigenvalue weighted by atomic mass is 79.9. The van der Waals surface area contributed by atoms with Gasteiger partial charge in [-0.3, -0.25) is 4.79 Å². The molecule has 3 heteroatoms. The van der Waals surface area contributed by atoms with E-state index in [0.717, 1.165) is 11.1 Å². The Morgan fingerprint density at radius 2 is 1.25 bits per heavy atom. The minimum Gasteiger partial charge on any atom is -1.00 e. The molecule has 2 aromatic carbocycles. The van der Waals surface area contributed by atoms with Crippen LogP contribution in [0.2, 0.25) is 0 Å². The van der Waals surface area contributed by atoms with Crippen LogP contribution in [0.3, 0.4) is 0 Å². The SMILES string of the molecule is O=C(/C=C(/C[n+]1ccccc1)c1ccccc1)c1ccccc1.[Br-]. The number of nitrogens with zero attached hydrogens (tertiary/aromatic N) is 1. The van der Waals surface area contributed by atoms with E-state index in [1.54, 1.807) is 6.08 Å². The quantitative estimate of drug-likeness (QED) is 0.367. The second kappa shape index (κ2) is 8.94.